The lowest BCUT2D eigenvalue weighted by Gasteiger charge is -2.21. The first-order chi connectivity index (χ1) is 9.56. The van der Waals surface area contributed by atoms with E-state index in [4.69, 9.17) is 4.98 Å². The molecule has 0 spiro atoms. The average Bonchev–Trinajstić information content (AvgIpc) is 2.44. The van der Waals surface area contributed by atoms with Gasteiger partial charge in [-0.1, -0.05) is 27.7 Å². The topological polar surface area (TPSA) is 28.2 Å². The molecular formula is C17H31N3. The van der Waals surface area contributed by atoms with E-state index in [0.717, 1.165) is 37.8 Å². The zero-order valence-electron chi connectivity index (χ0n) is 13.9. The van der Waals surface area contributed by atoms with Crippen LogP contribution in [0, 0.1) is 5.92 Å². The van der Waals surface area contributed by atoms with Gasteiger partial charge in [0, 0.05) is 25.8 Å². The molecule has 20 heavy (non-hydrogen) atoms. The summed E-state index contributed by atoms with van der Waals surface area (Å²) >= 11 is 0. The highest BCUT2D eigenvalue weighted by molar-refractivity contribution is 5.42. The summed E-state index contributed by atoms with van der Waals surface area (Å²) in [6.07, 6.45) is 3.37. The van der Waals surface area contributed by atoms with Crippen molar-refractivity contribution in [2.75, 3.05) is 25.0 Å². The van der Waals surface area contributed by atoms with E-state index in [1.165, 1.54) is 24.1 Å². The minimum Gasteiger partial charge on any atom is -0.360 e. The molecule has 0 saturated heterocycles. The molecule has 1 heterocycles. The van der Waals surface area contributed by atoms with Gasteiger partial charge >= 0.3 is 0 Å². The SMILES string of the molecule is CCCNCc1cc(CC)nc(N(C)CCC(C)C)c1. The summed E-state index contributed by atoms with van der Waals surface area (Å²) in [5.41, 5.74) is 2.53. The second kappa shape index (κ2) is 8.96. The second-order valence-electron chi connectivity index (χ2n) is 5.96. The average molecular weight is 277 g/mol. The van der Waals surface area contributed by atoms with Gasteiger partial charge in [0.25, 0.3) is 0 Å². The molecule has 3 nitrogen and oxygen atoms in total. The van der Waals surface area contributed by atoms with E-state index in [0.29, 0.717) is 0 Å². The Bertz CT molecular complexity index is 388. The maximum absolute atomic E-state index is 4.76. The number of nitrogens with one attached hydrogen (secondary N) is 1. The van der Waals surface area contributed by atoms with E-state index in [1.807, 2.05) is 0 Å². The normalized spacial score (nSPS) is 11.1. The fourth-order valence-corrected chi connectivity index (χ4v) is 2.09. The van der Waals surface area contributed by atoms with Crippen LogP contribution in [0.2, 0.25) is 0 Å². The molecule has 0 aromatic carbocycles. The van der Waals surface area contributed by atoms with E-state index in [9.17, 15) is 0 Å². The first kappa shape index (κ1) is 17.0. The van der Waals surface area contributed by atoms with E-state index in [-0.39, 0.29) is 0 Å². The summed E-state index contributed by atoms with van der Waals surface area (Å²) in [5.74, 6) is 1.84. The number of nitrogens with zero attached hydrogens (tertiary/aromatic N) is 2. The smallest absolute Gasteiger partial charge is 0.128 e. The standard InChI is InChI=1S/C17H31N3/c1-6-9-18-13-15-11-16(7-2)19-17(12-15)20(5)10-8-14(3)4/h11-12,14,18H,6-10,13H2,1-5H3. The Balaban J connectivity index is 2.75. The molecule has 0 saturated carbocycles. The number of hydrogen-bond acceptors (Lipinski definition) is 3. The van der Waals surface area contributed by atoms with Crippen LogP contribution in [0.25, 0.3) is 0 Å². The Morgan fingerprint density at radius 1 is 1.25 bits per heavy atom. The fourth-order valence-electron chi connectivity index (χ4n) is 2.09. The lowest BCUT2D eigenvalue weighted by molar-refractivity contribution is 0.583. The molecule has 1 aromatic rings. The van der Waals surface area contributed by atoms with Crippen LogP contribution in [0.3, 0.4) is 0 Å². The monoisotopic (exact) mass is 277 g/mol. The minimum atomic E-state index is 0.734. The second-order valence-corrected chi connectivity index (χ2v) is 5.96. The third-order valence-corrected chi connectivity index (χ3v) is 3.48. The molecule has 114 valence electrons. The van der Waals surface area contributed by atoms with Crippen molar-refractivity contribution in [1.82, 2.24) is 10.3 Å². The Hall–Kier alpha value is -1.09. The summed E-state index contributed by atoms with van der Waals surface area (Å²) in [6.45, 7) is 12.0. The van der Waals surface area contributed by atoms with Crippen molar-refractivity contribution >= 4 is 5.82 Å². The fraction of sp³-hybridized carbons (Fsp3) is 0.706. The number of pyridine rings is 1. The van der Waals surface area contributed by atoms with E-state index in [2.05, 4.69) is 57.1 Å². The molecule has 0 radical (unpaired) electrons. The molecule has 3 heteroatoms. The molecule has 0 aliphatic rings. The first-order valence-corrected chi connectivity index (χ1v) is 7.98. The highest BCUT2D eigenvalue weighted by Crippen LogP contribution is 2.16. The molecule has 0 atom stereocenters. The summed E-state index contributed by atoms with van der Waals surface area (Å²) < 4.78 is 0. The number of hydrogen-bond donors (Lipinski definition) is 1. The van der Waals surface area contributed by atoms with Gasteiger partial charge in [-0.2, -0.15) is 0 Å². The Morgan fingerprint density at radius 3 is 2.60 bits per heavy atom. The largest absolute Gasteiger partial charge is 0.360 e. The lowest BCUT2D eigenvalue weighted by Crippen LogP contribution is -2.22. The van der Waals surface area contributed by atoms with Crippen LogP contribution in [0.5, 0.6) is 0 Å². The van der Waals surface area contributed by atoms with Gasteiger partial charge in [-0.3, -0.25) is 0 Å². The molecule has 0 aliphatic carbocycles. The van der Waals surface area contributed by atoms with E-state index < -0.39 is 0 Å². The quantitative estimate of drug-likeness (QED) is 0.699. The van der Waals surface area contributed by atoms with Gasteiger partial charge in [0.15, 0.2) is 0 Å². The molecule has 0 unspecified atom stereocenters. The zero-order valence-corrected chi connectivity index (χ0v) is 13.9. The summed E-state index contributed by atoms with van der Waals surface area (Å²) in [7, 11) is 2.15. The van der Waals surface area contributed by atoms with Gasteiger partial charge in [-0.15, -0.1) is 0 Å². The minimum absolute atomic E-state index is 0.734. The molecule has 1 rings (SSSR count). The molecule has 0 fully saturated rings. The predicted octanol–water partition coefficient (Wildman–Crippen LogP) is 3.63. The van der Waals surface area contributed by atoms with Gasteiger partial charge in [-0.05, 0) is 49.4 Å². The Morgan fingerprint density at radius 2 is 2.00 bits per heavy atom. The van der Waals surface area contributed by atoms with Gasteiger partial charge in [-0.25, -0.2) is 4.98 Å². The van der Waals surface area contributed by atoms with Crippen molar-refractivity contribution in [3.63, 3.8) is 0 Å². The highest BCUT2D eigenvalue weighted by atomic mass is 15.2. The molecule has 0 bridgehead atoms. The van der Waals surface area contributed by atoms with Crippen LogP contribution in [0.1, 0.15) is 51.8 Å². The van der Waals surface area contributed by atoms with Crippen molar-refractivity contribution in [3.8, 4) is 0 Å². The zero-order chi connectivity index (χ0) is 15.0. The van der Waals surface area contributed by atoms with Crippen LogP contribution < -0.4 is 10.2 Å². The Labute approximate surface area is 124 Å². The first-order valence-electron chi connectivity index (χ1n) is 7.98. The van der Waals surface area contributed by atoms with Crippen LogP contribution in [-0.4, -0.2) is 25.1 Å². The molecule has 1 N–H and O–H groups in total. The van der Waals surface area contributed by atoms with Crippen molar-refractivity contribution in [1.29, 1.82) is 0 Å². The van der Waals surface area contributed by atoms with E-state index >= 15 is 0 Å². The van der Waals surface area contributed by atoms with Gasteiger partial charge in [0.2, 0.25) is 0 Å². The number of anilines is 1. The van der Waals surface area contributed by atoms with Crippen molar-refractivity contribution < 1.29 is 0 Å². The summed E-state index contributed by atoms with van der Waals surface area (Å²) in [4.78, 5) is 7.04. The number of rotatable bonds is 9. The van der Waals surface area contributed by atoms with Gasteiger partial charge in [0.05, 0.1) is 0 Å². The maximum Gasteiger partial charge on any atom is 0.128 e. The number of aromatic nitrogens is 1. The summed E-state index contributed by atoms with van der Waals surface area (Å²) in [6, 6.07) is 4.45. The molecule has 1 aromatic heterocycles. The third-order valence-electron chi connectivity index (χ3n) is 3.48. The molecule has 0 aliphatic heterocycles. The Kier molecular flexibility index (Phi) is 7.60. The third kappa shape index (κ3) is 5.91. The van der Waals surface area contributed by atoms with Crippen LogP contribution in [0.15, 0.2) is 12.1 Å². The van der Waals surface area contributed by atoms with Crippen molar-refractivity contribution in [3.05, 3.63) is 23.4 Å². The van der Waals surface area contributed by atoms with Crippen LogP contribution in [-0.2, 0) is 13.0 Å². The number of aryl methyl sites for hydroxylation is 1. The van der Waals surface area contributed by atoms with Crippen molar-refractivity contribution in [2.45, 2.75) is 53.5 Å². The summed E-state index contributed by atoms with van der Waals surface area (Å²) in [5, 5.41) is 3.47. The van der Waals surface area contributed by atoms with Crippen molar-refractivity contribution in [2.24, 2.45) is 5.92 Å². The lowest BCUT2D eigenvalue weighted by atomic mass is 10.1. The van der Waals surface area contributed by atoms with E-state index in [1.54, 1.807) is 0 Å². The maximum atomic E-state index is 4.76. The van der Waals surface area contributed by atoms with Gasteiger partial charge in [0.1, 0.15) is 5.82 Å². The molecule has 0 amide bonds. The van der Waals surface area contributed by atoms with Crippen LogP contribution >= 0.6 is 0 Å². The molecular weight excluding hydrogens is 246 g/mol. The van der Waals surface area contributed by atoms with Gasteiger partial charge < -0.3 is 10.2 Å². The highest BCUT2D eigenvalue weighted by Gasteiger charge is 2.07. The van der Waals surface area contributed by atoms with Crippen LogP contribution in [0.4, 0.5) is 5.82 Å². The predicted molar refractivity (Wildman–Crippen MR) is 88.3 cm³/mol.